The maximum Gasteiger partial charge on any atom is 0.124 e. The van der Waals surface area contributed by atoms with Gasteiger partial charge in [-0.1, -0.05) is 30.9 Å². The molecule has 2 nitrogen and oxygen atoms in total. The van der Waals surface area contributed by atoms with Gasteiger partial charge in [-0.05, 0) is 44.0 Å². The SMILES string of the molecule is Fc1ccc(N2CCCNC3(CCCCC3)C2)c(Cl)c1. The summed E-state index contributed by atoms with van der Waals surface area (Å²) in [6.45, 7) is 3.04. The first-order valence-corrected chi connectivity index (χ1v) is 8.01. The number of nitrogens with one attached hydrogen (secondary N) is 1. The topological polar surface area (TPSA) is 15.3 Å². The standard InChI is InChI=1S/C16H22ClFN2/c17-14-11-13(18)5-6-15(14)20-10-4-9-19-16(12-20)7-2-1-3-8-16/h5-6,11,19H,1-4,7-10,12H2. The molecule has 1 spiro atoms. The summed E-state index contributed by atoms with van der Waals surface area (Å²) in [5.74, 6) is -0.265. The van der Waals surface area contributed by atoms with E-state index in [1.807, 2.05) is 6.07 Å². The fourth-order valence-corrected chi connectivity index (χ4v) is 3.92. The first-order chi connectivity index (χ1) is 9.69. The van der Waals surface area contributed by atoms with Gasteiger partial charge in [0.2, 0.25) is 0 Å². The lowest BCUT2D eigenvalue weighted by atomic mass is 9.81. The summed E-state index contributed by atoms with van der Waals surface area (Å²) < 4.78 is 13.2. The second-order valence-corrected chi connectivity index (χ2v) is 6.55. The zero-order chi connectivity index (χ0) is 14.0. The third-order valence-electron chi connectivity index (χ3n) is 4.66. The molecule has 2 fully saturated rings. The Bertz CT molecular complexity index is 472. The summed E-state index contributed by atoms with van der Waals surface area (Å²) in [6, 6.07) is 4.75. The van der Waals surface area contributed by atoms with Crippen LogP contribution in [-0.4, -0.2) is 25.2 Å². The lowest BCUT2D eigenvalue weighted by Crippen LogP contribution is -2.52. The summed E-state index contributed by atoms with van der Waals surface area (Å²) in [4.78, 5) is 2.34. The summed E-state index contributed by atoms with van der Waals surface area (Å²) in [5, 5.41) is 4.29. The Labute approximate surface area is 125 Å². The smallest absolute Gasteiger partial charge is 0.124 e. The van der Waals surface area contributed by atoms with Crippen molar-refractivity contribution in [3.05, 3.63) is 29.0 Å². The predicted octanol–water partition coefficient (Wildman–Crippen LogP) is 3.98. The molecule has 1 saturated carbocycles. The number of nitrogens with zero attached hydrogens (tertiary/aromatic N) is 1. The largest absolute Gasteiger partial charge is 0.368 e. The molecule has 3 rings (SSSR count). The van der Waals surface area contributed by atoms with Gasteiger partial charge in [-0.15, -0.1) is 0 Å². The monoisotopic (exact) mass is 296 g/mol. The molecule has 0 atom stereocenters. The highest BCUT2D eigenvalue weighted by Crippen LogP contribution is 2.34. The van der Waals surface area contributed by atoms with Crippen molar-refractivity contribution in [2.75, 3.05) is 24.5 Å². The number of hydrogen-bond acceptors (Lipinski definition) is 2. The van der Waals surface area contributed by atoms with Gasteiger partial charge in [0.05, 0.1) is 10.7 Å². The molecule has 0 bridgehead atoms. The van der Waals surface area contributed by atoms with Crippen LogP contribution in [0.25, 0.3) is 0 Å². The van der Waals surface area contributed by atoms with Crippen molar-refractivity contribution >= 4 is 17.3 Å². The lowest BCUT2D eigenvalue weighted by Gasteiger charge is -2.40. The Morgan fingerprint density at radius 3 is 2.70 bits per heavy atom. The van der Waals surface area contributed by atoms with E-state index in [0.717, 1.165) is 31.7 Å². The van der Waals surface area contributed by atoms with E-state index in [0.29, 0.717) is 5.02 Å². The molecule has 1 saturated heterocycles. The zero-order valence-corrected chi connectivity index (χ0v) is 12.6. The van der Waals surface area contributed by atoms with E-state index >= 15 is 0 Å². The molecule has 1 aliphatic heterocycles. The number of hydrogen-bond donors (Lipinski definition) is 1. The molecule has 4 heteroatoms. The Kier molecular flexibility index (Phi) is 4.18. The second kappa shape index (κ2) is 5.90. The van der Waals surface area contributed by atoms with Gasteiger partial charge in [-0.3, -0.25) is 0 Å². The van der Waals surface area contributed by atoms with Crippen LogP contribution < -0.4 is 10.2 Å². The molecule has 0 unspecified atom stereocenters. The first-order valence-electron chi connectivity index (χ1n) is 7.64. The van der Waals surface area contributed by atoms with Crippen LogP contribution in [0.5, 0.6) is 0 Å². The van der Waals surface area contributed by atoms with E-state index in [-0.39, 0.29) is 11.4 Å². The Hall–Kier alpha value is -0.800. The van der Waals surface area contributed by atoms with Crippen molar-refractivity contribution in [2.24, 2.45) is 0 Å². The Morgan fingerprint density at radius 1 is 1.15 bits per heavy atom. The predicted molar refractivity (Wildman–Crippen MR) is 82.1 cm³/mol. The molecular formula is C16H22ClFN2. The summed E-state index contributed by atoms with van der Waals surface area (Å²) in [7, 11) is 0. The van der Waals surface area contributed by atoms with Crippen LogP contribution in [-0.2, 0) is 0 Å². The van der Waals surface area contributed by atoms with Gasteiger partial charge in [-0.2, -0.15) is 0 Å². The average molecular weight is 297 g/mol. The number of halogens is 2. The van der Waals surface area contributed by atoms with Crippen LogP contribution in [0.15, 0.2) is 18.2 Å². The molecule has 1 aromatic carbocycles. The quantitative estimate of drug-likeness (QED) is 0.843. The molecule has 1 aromatic rings. The number of rotatable bonds is 1. The summed E-state index contributed by atoms with van der Waals surface area (Å²) >= 11 is 6.24. The minimum Gasteiger partial charge on any atom is -0.368 e. The van der Waals surface area contributed by atoms with Crippen LogP contribution >= 0.6 is 11.6 Å². The fraction of sp³-hybridized carbons (Fsp3) is 0.625. The zero-order valence-electron chi connectivity index (χ0n) is 11.8. The van der Waals surface area contributed by atoms with Gasteiger partial charge in [-0.25, -0.2) is 4.39 Å². The van der Waals surface area contributed by atoms with Crippen molar-refractivity contribution in [1.82, 2.24) is 5.32 Å². The maximum atomic E-state index is 13.2. The van der Waals surface area contributed by atoms with Gasteiger partial charge >= 0.3 is 0 Å². The van der Waals surface area contributed by atoms with Crippen LogP contribution in [0.4, 0.5) is 10.1 Å². The van der Waals surface area contributed by atoms with Crippen molar-refractivity contribution < 1.29 is 4.39 Å². The molecule has 0 radical (unpaired) electrons. The highest BCUT2D eigenvalue weighted by atomic mass is 35.5. The van der Waals surface area contributed by atoms with Crippen LogP contribution in [0.3, 0.4) is 0 Å². The summed E-state index contributed by atoms with van der Waals surface area (Å²) in [5.41, 5.74) is 1.20. The number of benzene rings is 1. The molecular weight excluding hydrogens is 275 g/mol. The van der Waals surface area contributed by atoms with E-state index in [1.54, 1.807) is 0 Å². The third-order valence-corrected chi connectivity index (χ3v) is 4.96. The number of anilines is 1. The lowest BCUT2D eigenvalue weighted by molar-refractivity contribution is 0.246. The highest BCUT2D eigenvalue weighted by Gasteiger charge is 2.35. The molecule has 110 valence electrons. The molecule has 2 aliphatic rings. The molecule has 20 heavy (non-hydrogen) atoms. The Morgan fingerprint density at radius 2 is 1.95 bits per heavy atom. The first kappa shape index (κ1) is 14.2. The van der Waals surface area contributed by atoms with E-state index < -0.39 is 0 Å². The van der Waals surface area contributed by atoms with Crippen molar-refractivity contribution in [2.45, 2.75) is 44.1 Å². The average Bonchev–Trinajstić information content (AvgIpc) is 2.63. The van der Waals surface area contributed by atoms with Crippen LogP contribution in [0.1, 0.15) is 38.5 Å². The van der Waals surface area contributed by atoms with E-state index in [9.17, 15) is 4.39 Å². The van der Waals surface area contributed by atoms with Gasteiger partial charge in [0, 0.05) is 18.6 Å². The van der Waals surface area contributed by atoms with Gasteiger partial charge in [0.25, 0.3) is 0 Å². The van der Waals surface area contributed by atoms with E-state index in [4.69, 9.17) is 11.6 Å². The van der Waals surface area contributed by atoms with Crippen molar-refractivity contribution in [3.8, 4) is 0 Å². The van der Waals surface area contributed by atoms with Crippen molar-refractivity contribution in [3.63, 3.8) is 0 Å². The fourth-order valence-electron chi connectivity index (χ4n) is 3.63. The molecule has 1 N–H and O–H groups in total. The molecule has 1 aliphatic carbocycles. The normalized spacial score (nSPS) is 22.8. The van der Waals surface area contributed by atoms with Gasteiger partial charge < -0.3 is 10.2 Å². The minimum absolute atomic E-state index is 0.229. The maximum absolute atomic E-state index is 13.2. The summed E-state index contributed by atoms with van der Waals surface area (Å²) in [6.07, 6.45) is 7.54. The van der Waals surface area contributed by atoms with Gasteiger partial charge in [0.1, 0.15) is 5.82 Å². The molecule has 0 aromatic heterocycles. The second-order valence-electron chi connectivity index (χ2n) is 6.14. The van der Waals surface area contributed by atoms with Gasteiger partial charge in [0.15, 0.2) is 0 Å². The van der Waals surface area contributed by atoms with Crippen LogP contribution in [0.2, 0.25) is 5.02 Å². The van der Waals surface area contributed by atoms with E-state index in [1.165, 1.54) is 44.2 Å². The van der Waals surface area contributed by atoms with Crippen LogP contribution in [0, 0.1) is 5.82 Å². The minimum atomic E-state index is -0.265. The molecule has 1 heterocycles. The van der Waals surface area contributed by atoms with Crippen molar-refractivity contribution in [1.29, 1.82) is 0 Å². The Balaban J connectivity index is 1.84. The van der Waals surface area contributed by atoms with E-state index in [2.05, 4.69) is 10.2 Å². The molecule has 0 amide bonds. The highest BCUT2D eigenvalue weighted by molar-refractivity contribution is 6.33. The third kappa shape index (κ3) is 2.94.